The molecule has 0 aromatic heterocycles. The molecule has 0 spiro atoms. The molecule has 0 saturated heterocycles. The van der Waals surface area contributed by atoms with Crippen molar-refractivity contribution >= 4 is 11.9 Å². The third-order valence-electron chi connectivity index (χ3n) is 8.32. The summed E-state index contributed by atoms with van der Waals surface area (Å²) in [6, 6.07) is 0. The van der Waals surface area contributed by atoms with E-state index in [9.17, 15) is 9.59 Å². The van der Waals surface area contributed by atoms with Gasteiger partial charge in [-0.25, -0.2) is 0 Å². The third kappa shape index (κ3) is 39.0. The van der Waals surface area contributed by atoms with Gasteiger partial charge in [-0.15, -0.1) is 0 Å². The van der Waals surface area contributed by atoms with Gasteiger partial charge >= 0.3 is 11.9 Å². The summed E-state index contributed by atoms with van der Waals surface area (Å²) < 4.78 is 9.77. The van der Waals surface area contributed by atoms with E-state index in [0.29, 0.717) is 12.8 Å². The molecule has 8 nitrogen and oxygen atoms in total. The van der Waals surface area contributed by atoms with Gasteiger partial charge in [-0.3, -0.25) is 9.59 Å². The molecule has 0 aliphatic carbocycles. The first-order valence-electron chi connectivity index (χ1n) is 19.3. The molecule has 0 fully saturated rings. The van der Waals surface area contributed by atoms with Crippen molar-refractivity contribution in [3.05, 3.63) is 0 Å². The maximum Gasteiger partial charge on any atom is 0.306 e. The van der Waals surface area contributed by atoms with E-state index in [2.05, 4.69) is 13.8 Å². The maximum absolute atomic E-state index is 11.4. The number of hydrogen-bond donors (Lipinski definition) is 4. The van der Waals surface area contributed by atoms with E-state index in [1.54, 1.807) is 0 Å². The fourth-order valence-electron chi connectivity index (χ4n) is 5.27. The van der Waals surface area contributed by atoms with Crippen molar-refractivity contribution in [3.8, 4) is 0 Å². The minimum Gasteiger partial charge on any atom is -0.463 e. The average molecular weight is 661 g/mol. The Labute approximate surface area is 283 Å². The first-order chi connectivity index (χ1) is 22.4. The smallest absolute Gasteiger partial charge is 0.306 e. The fourth-order valence-corrected chi connectivity index (χ4v) is 5.27. The highest BCUT2D eigenvalue weighted by Gasteiger charge is 2.11. The molecule has 0 saturated carbocycles. The molecule has 0 bridgehead atoms. The summed E-state index contributed by atoms with van der Waals surface area (Å²) in [5.41, 5.74) is 0. The van der Waals surface area contributed by atoms with E-state index >= 15 is 0 Å². The van der Waals surface area contributed by atoms with Gasteiger partial charge in [0, 0.05) is 12.8 Å². The number of rotatable bonds is 34. The topological polar surface area (TPSA) is 134 Å². The second kappa shape index (κ2) is 40.0. The van der Waals surface area contributed by atoms with Crippen LogP contribution < -0.4 is 0 Å². The highest BCUT2D eigenvalue weighted by atomic mass is 16.6. The Morgan fingerprint density at radius 3 is 1.07 bits per heavy atom. The van der Waals surface area contributed by atoms with Crippen molar-refractivity contribution < 1.29 is 39.5 Å². The molecule has 0 aromatic carbocycles. The Balaban J connectivity index is 0. The largest absolute Gasteiger partial charge is 0.463 e. The second-order valence-corrected chi connectivity index (χ2v) is 13.0. The predicted molar refractivity (Wildman–Crippen MR) is 189 cm³/mol. The molecule has 46 heavy (non-hydrogen) atoms. The SMILES string of the molecule is CCCCCCCCCCCCCCCC(=O)OC(CO)CO.CCCCCCCCCCCCCCCC(=O)OCC(O)CO. The van der Waals surface area contributed by atoms with Crippen LogP contribution in [-0.4, -0.2) is 71.0 Å². The van der Waals surface area contributed by atoms with Gasteiger partial charge in [0.05, 0.1) is 19.8 Å². The summed E-state index contributed by atoms with van der Waals surface area (Å²) in [5, 5.41) is 35.3. The van der Waals surface area contributed by atoms with Crippen molar-refractivity contribution in [1.82, 2.24) is 0 Å². The monoisotopic (exact) mass is 661 g/mol. The zero-order chi connectivity index (χ0) is 34.4. The van der Waals surface area contributed by atoms with Crippen molar-refractivity contribution in [2.24, 2.45) is 0 Å². The highest BCUT2D eigenvalue weighted by molar-refractivity contribution is 5.69. The van der Waals surface area contributed by atoms with Crippen LogP contribution in [0.3, 0.4) is 0 Å². The van der Waals surface area contributed by atoms with Crippen LogP contribution in [-0.2, 0) is 19.1 Å². The molecule has 1 unspecified atom stereocenters. The Morgan fingerprint density at radius 1 is 0.457 bits per heavy atom. The van der Waals surface area contributed by atoms with Gasteiger partial charge in [0.15, 0.2) is 0 Å². The molecule has 276 valence electrons. The van der Waals surface area contributed by atoms with Crippen LogP contribution in [0.5, 0.6) is 0 Å². The van der Waals surface area contributed by atoms with E-state index in [0.717, 1.165) is 25.7 Å². The number of carbonyl (C=O) groups excluding carboxylic acids is 2. The normalized spacial score (nSPS) is 11.7. The minimum absolute atomic E-state index is 0.103. The van der Waals surface area contributed by atoms with Crippen LogP contribution in [0, 0.1) is 0 Å². The number of aliphatic hydroxyl groups excluding tert-OH is 4. The Bertz CT molecular complexity index is 612. The van der Waals surface area contributed by atoms with Gasteiger partial charge in [-0.2, -0.15) is 0 Å². The summed E-state index contributed by atoms with van der Waals surface area (Å²) in [5.74, 6) is -0.596. The van der Waals surface area contributed by atoms with Gasteiger partial charge in [-0.05, 0) is 12.8 Å². The zero-order valence-corrected chi connectivity index (χ0v) is 30.2. The lowest BCUT2D eigenvalue weighted by Crippen LogP contribution is -2.25. The van der Waals surface area contributed by atoms with E-state index in [1.165, 1.54) is 141 Å². The molecule has 0 rings (SSSR count). The summed E-state index contributed by atoms with van der Waals surface area (Å²) in [6.07, 6.45) is 32.3. The summed E-state index contributed by atoms with van der Waals surface area (Å²) in [7, 11) is 0. The lowest BCUT2D eigenvalue weighted by molar-refractivity contribution is -0.153. The van der Waals surface area contributed by atoms with Crippen LogP contribution >= 0.6 is 0 Å². The molecule has 0 radical (unpaired) electrons. The summed E-state index contributed by atoms with van der Waals surface area (Å²) in [4.78, 5) is 22.8. The molecule has 0 amide bonds. The van der Waals surface area contributed by atoms with Crippen LogP contribution in [0.1, 0.15) is 194 Å². The van der Waals surface area contributed by atoms with Crippen LogP contribution in [0.15, 0.2) is 0 Å². The van der Waals surface area contributed by atoms with E-state index < -0.39 is 12.2 Å². The standard InChI is InChI=1S/2C19H38O4/c1-2-3-4-5-6-7-8-9-10-11-12-13-14-15-19(22)23-17-18(21)16-20;1-2-3-4-5-6-7-8-9-10-11-12-13-14-15-19(22)23-18(16-20)17-21/h2*18,20-21H,2-17H2,1H3. The maximum atomic E-state index is 11.4. The van der Waals surface area contributed by atoms with Gasteiger partial charge in [-0.1, -0.05) is 168 Å². The second-order valence-electron chi connectivity index (χ2n) is 13.0. The average Bonchev–Trinajstić information content (AvgIpc) is 3.06. The van der Waals surface area contributed by atoms with Gasteiger partial charge in [0.25, 0.3) is 0 Å². The van der Waals surface area contributed by atoms with Crippen molar-refractivity contribution in [3.63, 3.8) is 0 Å². The molecular weight excluding hydrogens is 584 g/mol. The lowest BCUT2D eigenvalue weighted by Gasteiger charge is -2.12. The first-order valence-corrected chi connectivity index (χ1v) is 19.3. The van der Waals surface area contributed by atoms with E-state index in [4.69, 9.17) is 29.9 Å². The first kappa shape index (κ1) is 46.9. The van der Waals surface area contributed by atoms with E-state index in [1.807, 2.05) is 0 Å². The minimum atomic E-state index is -0.953. The molecule has 0 aromatic rings. The number of ether oxygens (including phenoxy) is 2. The van der Waals surface area contributed by atoms with Gasteiger partial charge in [0.1, 0.15) is 18.8 Å². The number of hydrogen-bond acceptors (Lipinski definition) is 8. The van der Waals surface area contributed by atoms with Gasteiger partial charge < -0.3 is 29.9 Å². The molecule has 8 heteroatoms. The molecule has 0 aliphatic rings. The molecule has 0 aliphatic heterocycles. The number of aliphatic hydroxyl groups is 4. The number of carbonyl (C=O) groups is 2. The number of esters is 2. The number of unbranched alkanes of at least 4 members (excludes halogenated alkanes) is 24. The lowest BCUT2D eigenvalue weighted by atomic mass is 10.0. The Morgan fingerprint density at radius 2 is 0.761 bits per heavy atom. The predicted octanol–water partition coefficient (Wildman–Crippen LogP) is 8.73. The molecule has 4 N–H and O–H groups in total. The van der Waals surface area contributed by atoms with Crippen molar-refractivity contribution in [1.29, 1.82) is 0 Å². The fraction of sp³-hybridized carbons (Fsp3) is 0.947. The third-order valence-corrected chi connectivity index (χ3v) is 8.32. The summed E-state index contributed by atoms with van der Waals surface area (Å²) >= 11 is 0. The Kier molecular flexibility index (Phi) is 40.7. The van der Waals surface area contributed by atoms with E-state index in [-0.39, 0.29) is 38.4 Å². The molecular formula is C38H76O8. The molecule has 0 heterocycles. The van der Waals surface area contributed by atoms with Crippen LogP contribution in [0.4, 0.5) is 0 Å². The quantitative estimate of drug-likeness (QED) is 0.0398. The summed E-state index contributed by atoms with van der Waals surface area (Å²) in [6.45, 7) is 3.40. The van der Waals surface area contributed by atoms with Crippen LogP contribution in [0.25, 0.3) is 0 Å². The van der Waals surface area contributed by atoms with Crippen molar-refractivity contribution in [2.45, 2.75) is 206 Å². The molecule has 1 atom stereocenters. The zero-order valence-electron chi connectivity index (χ0n) is 30.2. The van der Waals surface area contributed by atoms with Crippen molar-refractivity contribution in [2.75, 3.05) is 26.4 Å². The Hall–Kier alpha value is -1.22. The van der Waals surface area contributed by atoms with Gasteiger partial charge in [0.2, 0.25) is 0 Å². The highest BCUT2D eigenvalue weighted by Crippen LogP contribution is 2.14. The van der Waals surface area contributed by atoms with Crippen LogP contribution in [0.2, 0.25) is 0 Å².